The van der Waals surface area contributed by atoms with E-state index in [0.29, 0.717) is 6.54 Å². The molecule has 1 N–H and O–H groups in total. The Morgan fingerprint density at radius 2 is 2.33 bits per heavy atom. The lowest BCUT2D eigenvalue weighted by atomic mass is 10.4. The first kappa shape index (κ1) is 15.9. The lowest BCUT2D eigenvalue weighted by Crippen LogP contribution is -2.38. The van der Waals surface area contributed by atoms with Gasteiger partial charge in [0.2, 0.25) is 0 Å². The highest BCUT2D eigenvalue weighted by Gasteiger charge is 2.10. The standard InChI is InChI=1S/C14H20ClN5S/c1-10-9-21-13(18-10)6-17-14(16-2)20(4)8-12-5-11(15)7-19(12)3/h5,7,9H,6,8H2,1-4H3,(H,16,17). The summed E-state index contributed by atoms with van der Waals surface area (Å²) in [5.41, 5.74) is 2.19. The maximum Gasteiger partial charge on any atom is 0.194 e. The first-order valence-electron chi connectivity index (χ1n) is 6.63. The summed E-state index contributed by atoms with van der Waals surface area (Å²) in [6, 6.07) is 1.97. The van der Waals surface area contributed by atoms with E-state index in [1.165, 1.54) is 0 Å². The molecule has 2 aromatic rings. The largest absolute Gasteiger partial charge is 0.351 e. The maximum absolute atomic E-state index is 6.01. The molecule has 0 aliphatic rings. The predicted molar refractivity (Wildman–Crippen MR) is 88.9 cm³/mol. The molecule has 114 valence electrons. The molecule has 2 aromatic heterocycles. The Kier molecular flexibility index (Phi) is 5.25. The molecule has 5 nitrogen and oxygen atoms in total. The Hall–Kier alpha value is -1.53. The van der Waals surface area contributed by atoms with Gasteiger partial charge in [-0.2, -0.15) is 0 Å². The third kappa shape index (κ3) is 4.22. The molecule has 0 atom stereocenters. The number of aliphatic imine (C=N–C) groups is 1. The van der Waals surface area contributed by atoms with Crippen LogP contribution >= 0.6 is 22.9 Å². The number of hydrogen-bond donors (Lipinski definition) is 1. The van der Waals surface area contributed by atoms with E-state index >= 15 is 0 Å². The van der Waals surface area contributed by atoms with Gasteiger partial charge in [0.05, 0.1) is 18.1 Å². The zero-order chi connectivity index (χ0) is 15.4. The highest BCUT2D eigenvalue weighted by Crippen LogP contribution is 2.14. The molecule has 0 aliphatic heterocycles. The average Bonchev–Trinajstić information content (AvgIpc) is 2.96. The van der Waals surface area contributed by atoms with E-state index in [1.807, 2.05) is 37.8 Å². The molecule has 0 aromatic carbocycles. The third-order valence-corrected chi connectivity index (χ3v) is 4.28. The number of guanidine groups is 1. The third-order valence-electron chi connectivity index (χ3n) is 3.11. The summed E-state index contributed by atoms with van der Waals surface area (Å²) in [5, 5.41) is 7.19. The summed E-state index contributed by atoms with van der Waals surface area (Å²) in [4.78, 5) is 10.8. The van der Waals surface area contributed by atoms with Gasteiger partial charge in [-0.1, -0.05) is 11.6 Å². The summed E-state index contributed by atoms with van der Waals surface area (Å²) < 4.78 is 2.02. The Balaban J connectivity index is 1.95. The van der Waals surface area contributed by atoms with Crippen LogP contribution in [0.1, 0.15) is 16.4 Å². The van der Waals surface area contributed by atoms with Crippen molar-refractivity contribution in [2.45, 2.75) is 20.0 Å². The van der Waals surface area contributed by atoms with Crippen molar-refractivity contribution in [1.29, 1.82) is 0 Å². The first-order chi connectivity index (χ1) is 9.99. The fourth-order valence-corrected chi connectivity index (χ4v) is 3.05. The molecule has 0 aliphatic carbocycles. The van der Waals surface area contributed by atoms with E-state index in [9.17, 15) is 0 Å². The van der Waals surface area contributed by atoms with Crippen LogP contribution in [-0.2, 0) is 20.1 Å². The van der Waals surface area contributed by atoms with Crippen molar-refractivity contribution in [1.82, 2.24) is 19.8 Å². The van der Waals surface area contributed by atoms with Crippen LogP contribution < -0.4 is 5.32 Å². The van der Waals surface area contributed by atoms with Crippen LogP contribution in [0.15, 0.2) is 22.6 Å². The van der Waals surface area contributed by atoms with Gasteiger partial charge in [-0.25, -0.2) is 4.98 Å². The molecule has 7 heteroatoms. The van der Waals surface area contributed by atoms with Crippen molar-refractivity contribution >= 4 is 28.9 Å². The second-order valence-corrected chi connectivity index (χ2v) is 6.28. The van der Waals surface area contributed by atoms with Gasteiger partial charge in [0, 0.05) is 44.1 Å². The van der Waals surface area contributed by atoms with Crippen molar-refractivity contribution < 1.29 is 0 Å². The van der Waals surface area contributed by atoms with Crippen molar-refractivity contribution in [2.75, 3.05) is 14.1 Å². The smallest absolute Gasteiger partial charge is 0.194 e. The summed E-state index contributed by atoms with van der Waals surface area (Å²) in [5.74, 6) is 0.833. The van der Waals surface area contributed by atoms with Crippen LogP contribution in [0.5, 0.6) is 0 Å². The molecule has 0 bridgehead atoms. The number of thiazole rings is 1. The van der Waals surface area contributed by atoms with Gasteiger partial charge in [0.15, 0.2) is 5.96 Å². The Morgan fingerprint density at radius 3 is 2.86 bits per heavy atom. The van der Waals surface area contributed by atoms with E-state index in [-0.39, 0.29) is 0 Å². The van der Waals surface area contributed by atoms with E-state index in [0.717, 1.165) is 33.9 Å². The van der Waals surface area contributed by atoms with E-state index in [2.05, 4.69) is 25.6 Å². The first-order valence-corrected chi connectivity index (χ1v) is 7.89. The zero-order valence-corrected chi connectivity index (χ0v) is 14.3. The minimum absolute atomic E-state index is 0.684. The molecule has 2 rings (SSSR count). The molecule has 0 amide bonds. The number of halogens is 1. The summed E-state index contributed by atoms with van der Waals surface area (Å²) in [7, 11) is 5.77. The SMILES string of the molecule is CN=C(NCc1nc(C)cs1)N(C)Cc1cc(Cl)cn1C. The normalized spacial score (nSPS) is 11.8. The van der Waals surface area contributed by atoms with Gasteiger partial charge >= 0.3 is 0 Å². The van der Waals surface area contributed by atoms with Crippen LogP contribution in [0.2, 0.25) is 5.02 Å². The molecule has 0 saturated heterocycles. The topological polar surface area (TPSA) is 45.5 Å². The van der Waals surface area contributed by atoms with E-state index < -0.39 is 0 Å². The highest BCUT2D eigenvalue weighted by atomic mass is 35.5. The zero-order valence-electron chi connectivity index (χ0n) is 12.7. The number of rotatable bonds is 4. The van der Waals surface area contributed by atoms with Crippen LogP contribution in [0.3, 0.4) is 0 Å². The van der Waals surface area contributed by atoms with Crippen LogP contribution in [-0.4, -0.2) is 34.5 Å². The Labute approximate surface area is 134 Å². The molecule has 0 fully saturated rings. The molecule has 0 radical (unpaired) electrons. The molecular weight excluding hydrogens is 306 g/mol. The maximum atomic E-state index is 6.01. The van der Waals surface area contributed by atoms with Crippen LogP contribution in [0.25, 0.3) is 0 Å². The fraction of sp³-hybridized carbons (Fsp3) is 0.429. The summed E-state index contributed by atoms with van der Waals surface area (Å²) >= 11 is 7.67. The number of nitrogens with one attached hydrogen (secondary N) is 1. The van der Waals surface area contributed by atoms with Crippen molar-refractivity contribution in [2.24, 2.45) is 12.0 Å². The molecular formula is C14H20ClN5S. The summed E-state index contributed by atoms with van der Waals surface area (Å²) in [6.07, 6.45) is 1.90. The lowest BCUT2D eigenvalue weighted by Gasteiger charge is -2.22. The lowest BCUT2D eigenvalue weighted by molar-refractivity contribution is 0.461. The second-order valence-electron chi connectivity index (χ2n) is 4.90. The van der Waals surface area contributed by atoms with Crippen molar-refractivity contribution in [3.8, 4) is 0 Å². The monoisotopic (exact) mass is 325 g/mol. The molecule has 21 heavy (non-hydrogen) atoms. The minimum Gasteiger partial charge on any atom is -0.351 e. The molecule has 2 heterocycles. The predicted octanol–water partition coefficient (Wildman–Crippen LogP) is 2.65. The molecule has 0 spiro atoms. The van der Waals surface area contributed by atoms with Crippen molar-refractivity contribution in [3.63, 3.8) is 0 Å². The van der Waals surface area contributed by atoms with E-state index in [1.54, 1.807) is 18.4 Å². The van der Waals surface area contributed by atoms with Gasteiger partial charge in [-0.3, -0.25) is 4.99 Å². The number of hydrogen-bond acceptors (Lipinski definition) is 3. The van der Waals surface area contributed by atoms with Gasteiger partial charge in [-0.05, 0) is 13.0 Å². The second kappa shape index (κ2) is 6.95. The highest BCUT2D eigenvalue weighted by molar-refractivity contribution is 7.09. The number of aryl methyl sites for hydroxylation is 2. The average molecular weight is 326 g/mol. The molecule has 0 saturated carbocycles. The van der Waals surface area contributed by atoms with Crippen LogP contribution in [0.4, 0.5) is 0 Å². The number of nitrogens with zero attached hydrogens (tertiary/aromatic N) is 4. The van der Waals surface area contributed by atoms with Gasteiger partial charge < -0.3 is 14.8 Å². The van der Waals surface area contributed by atoms with Gasteiger partial charge in [-0.15, -0.1) is 11.3 Å². The van der Waals surface area contributed by atoms with Crippen molar-refractivity contribution in [3.05, 3.63) is 39.1 Å². The fourth-order valence-electron chi connectivity index (χ4n) is 2.06. The quantitative estimate of drug-likeness (QED) is 0.694. The Morgan fingerprint density at radius 1 is 1.57 bits per heavy atom. The molecule has 0 unspecified atom stereocenters. The number of aromatic nitrogens is 2. The summed E-state index contributed by atoms with van der Waals surface area (Å²) in [6.45, 7) is 3.42. The minimum atomic E-state index is 0.684. The van der Waals surface area contributed by atoms with Crippen LogP contribution in [0, 0.1) is 6.92 Å². The Bertz CT molecular complexity index is 631. The van der Waals surface area contributed by atoms with Gasteiger partial charge in [0.25, 0.3) is 0 Å². The van der Waals surface area contributed by atoms with Gasteiger partial charge in [0.1, 0.15) is 5.01 Å². The van der Waals surface area contributed by atoms with E-state index in [4.69, 9.17) is 11.6 Å².